The van der Waals surface area contributed by atoms with Gasteiger partial charge in [0.05, 0.1) is 42.9 Å². The summed E-state index contributed by atoms with van der Waals surface area (Å²) in [7, 11) is 5.32. The molecule has 4 rings (SSSR count). The number of rotatable bonds is 10. The molecule has 15 heteroatoms. The highest BCUT2D eigenvalue weighted by atomic mass is 16.7. The Labute approximate surface area is 333 Å². The first-order valence-electron chi connectivity index (χ1n) is 20.6. The van der Waals surface area contributed by atoms with Crippen LogP contribution in [-0.4, -0.2) is 141 Å². The fraction of sp³-hybridized carbons (Fsp3) is 0.902. The van der Waals surface area contributed by atoms with Crippen LogP contribution in [0, 0.1) is 29.6 Å². The van der Waals surface area contributed by atoms with Crippen molar-refractivity contribution in [3.8, 4) is 0 Å². The van der Waals surface area contributed by atoms with Crippen LogP contribution in [0.2, 0.25) is 0 Å². The van der Waals surface area contributed by atoms with Gasteiger partial charge in [0.25, 0.3) is 0 Å². The lowest BCUT2D eigenvalue weighted by molar-refractivity contribution is -0.299. The third-order valence-electron chi connectivity index (χ3n) is 12.4. The molecule has 0 amide bonds. The van der Waals surface area contributed by atoms with Gasteiger partial charge in [0.1, 0.15) is 24.4 Å². The van der Waals surface area contributed by atoms with Gasteiger partial charge in [-0.3, -0.25) is 19.2 Å². The zero-order valence-electron chi connectivity index (χ0n) is 35.8. The Morgan fingerprint density at radius 1 is 0.804 bits per heavy atom. The third kappa shape index (κ3) is 10.7. The number of cyclic esters (lactones) is 1. The fourth-order valence-electron chi connectivity index (χ4n) is 8.72. The van der Waals surface area contributed by atoms with E-state index in [-0.39, 0.29) is 56.2 Å². The van der Waals surface area contributed by atoms with Crippen molar-refractivity contribution in [1.82, 2.24) is 4.90 Å². The lowest BCUT2D eigenvalue weighted by atomic mass is 9.76. The molecule has 0 unspecified atom stereocenters. The number of aliphatic hydroxyl groups excluding tert-OH is 1. The summed E-state index contributed by atoms with van der Waals surface area (Å²) in [6.45, 7) is 18.1. The zero-order valence-corrected chi connectivity index (χ0v) is 35.8. The molecule has 4 fully saturated rings. The minimum absolute atomic E-state index is 0.111. The van der Waals surface area contributed by atoms with Gasteiger partial charge in [0.2, 0.25) is 0 Å². The van der Waals surface area contributed by atoms with Crippen molar-refractivity contribution in [2.45, 2.75) is 181 Å². The first-order chi connectivity index (χ1) is 26.3. The normalized spacial score (nSPS) is 44.2. The number of hydrogen-bond acceptors (Lipinski definition) is 15. The molecule has 56 heavy (non-hydrogen) atoms. The quantitative estimate of drug-likeness (QED) is 0.191. The van der Waals surface area contributed by atoms with Crippen LogP contribution in [0.3, 0.4) is 0 Å². The van der Waals surface area contributed by atoms with E-state index in [0.717, 1.165) is 0 Å². The van der Waals surface area contributed by atoms with E-state index >= 15 is 0 Å². The molecule has 4 aliphatic rings. The fourth-order valence-corrected chi connectivity index (χ4v) is 8.72. The van der Waals surface area contributed by atoms with Gasteiger partial charge in [-0.05, 0) is 60.5 Å². The van der Waals surface area contributed by atoms with Crippen LogP contribution in [-0.2, 0) is 61.8 Å². The number of esters is 3. The van der Waals surface area contributed by atoms with E-state index in [1.165, 1.54) is 7.11 Å². The van der Waals surface area contributed by atoms with E-state index in [9.17, 15) is 24.3 Å². The molecule has 4 aliphatic heterocycles. The van der Waals surface area contributed by atoms with E-state index in [2.05, 4.69) is 0 Å². The Morgan fingerprint density at radius 2 is 1.41 bits per heavy atom. The minimum Gasteiger partial charge on any atom is -0.462 e. The Morgan fingerprint density at radius 3 is 1.96 bits per heavy atom. The summed E-state index contributed by atoms with van der Waals surface area (Å²) in [5.74, 6) is -4.81. The number of aliphatic hydroxyl groups is 1. The van der Waals surface area contributed by atoms with Crippen LogP contribution in [0.4, 0.5) is 0 Å². The van der Waals surface area contributed by atoms with E-state index in [1.54, 1.807) is 48.5 Å². The number of carbonyl (C=O) groups excluding carboxylic acids is 4. The molecular formula is C41H69NO14. The molecule has 18 atom stereocenters. The van der Waals surface area contributed by atoms with Crippen molar-refractivity contribution in [2.75, 3.05) is 27.8 Å². The van der Waals surface area contributed by atoms with E-state index < -0.39 is 109 Å². The van der Waals surface area contributed by atoms with Crippen LogP contribution in [0.5, 0.6) is 0 Å². The van der Waals surface area contributed by atoms with Crippen molar-refractivity contribution in [1.29, 1.82) is 0 Å². The number of nitrogens with zero attached hydrogens (tertiary/aromatic N) is 1. The maximum absolute atomic E-state index is 14.4. The number of likely N-dealkylation sites (N-methyl/N-ethyl adjacent to an activating group) is 1. The standard InChI is InChI=1S/C41H69NO14/c1-14-30(43)53-35-22(5)26(9)52-39(47)25(8)36(55-32-17-29(48-13)37(27(10)51-32)54-31(44)15-2)23(6)34(20(3)18-41(19-49-41)38(46)24(35)7)56-40-33(45)28(42(11)12)16-21(4)50-40/h20-29,32-37,40,45H,14-19H2,1-13H3/t20-,21+,22-,23+,24+,25-,26+,27-,28-,29-,32-,33+,34-,35-,36-,37-,40-,41+/m0/s1. The average molecular weight is 800 g/mol. The second kappa shape index (κ2) is 19.7. The van der Waals surface area contributed by atoms with Crippen LogP contribution in [0.1, 0.15) is 101 Å². The smallest absolute Gasteiger partial charge is 0.311 e. The second-order valence-electron chi connectivity index (χ2n) is 16.9. The summed E-state index contributed by atoms with van der Waals surface area (Å²) in [4.78, 5) is 55.5. The maximum atomic E-state index is 14.4. The van der Waals surface area contributed by atoms with Crippen LogP contribution in [0.25, 0.3) is 0 Å². The maximum Gasteiger partial charge on any atom is 0.311 e. The van der Waals surface area contributed by atoms with Crippen LogP contribution in [0.15, 0.2) is 0 Å². The van der Waals surface area contributed by atoms with Gasteiger partial charge in [0, 0.05) is 44.2 Å². The number of carbonyl (C=O) groups is 4. The first-order valence-corrected chi connectivity index (χ1v) is 20.6. The monoisotopic (exact) mass is 799 g/mol. The van der Waals surface area contributed by atoms with Crippen molar-refractivity contribution in [3.05, 3.63) is 0 Å². The lowest BCUT2D eigenvalue weighted by Crippen LogP contribution is -2.57. The Hall–Kier alpha value is -2.24. The third-order valence-corrected chi connectivity index (χ3v) is 12.4. The van der Waals surface area contributed by atoms with Crippen molar-refractivity contribution < 1.29 is 66.9 Å². The Balaban J connectivity index is 1.77. The molecule has 4 saturated heterocycles. The highest BCUT2D eigenvalue weighted by Crippen LogP contribution is 2.44. The molecule has 322 valence electrons. The second-order valence-corrected chi connectivity index (χ2v) is 16.9. The average Bonchev–Trinajstić information content (AvgIpc) is 3.94. The summed E-state index contributed by atoms with van der Waals surface area (Å²) < 4.78 is 55.7. The summed E-state index contributed by atoms with van der Waals surface area (Å²) in [5, 5.41) is 11.6. The number of Topliss-reactive ketones (excluding diaryl/α,β-unsaturated/α-hetero) is 1. The molecular weight excluding hydrogens is 730 g/mol. The summed E-state index contributed by atoms with van der Waals surface area (Å²) in [5.41, 5.74) is -1.16. The van der Waals surface area contributed by atoms with E-state index in [4.69, 9.17) is 42.6 Å². The lowest BCUT2D eigenvalue weighted by Gasteiger charge is -2.46. The number of epoxide rings is 1. The molecule has 1 spiro atoms. The van der Waals surface area contributed by atoms with E-state index in [0.29, 0.717) is 6.42 Å². The molecule has 15 nitrogen and oxygen atoms in total. The molecule has 4 heterocycles. The van der Waals surface area contributed by atoms with Crippen LogP contribution >= 0.6 is 0 Å². The molecule has 0 radical (unpaired) electrons. The summed E-state index contributed by atoms with van der Waals surface area (Å²) in [6.07, 6.45) is -6.94. The number of methoxy groups -OCH3 is 1. The molecule has 0 aromatic rings. The predicted molar refractivity (Wildman–Crippen MR) is 202 cm³/mol. The molecule has 0 aliphatic carbocycles. The summed E-state index contributed by atoms with van der Waals surface area (Å²) >= 11 is 0. The van der Waals surface area contributed by atoms with Gasteiger partial charge in [0.15, 0.2) is 30.1 Å². The summed E-state index contributed by atoms with van der Waals surface area (Å²) in [6, 6.07) is -0.251. The van der Waals surface area contributed by atoms with Crippen molar-refractivity contribution >= 4 is 23.7 Å². The first kappa shape index (κ1) is 46.4. The van der Waals surface area contributed by atoms with Crippen molar-refractivity contribution in [3.63, 3.8) is 0 Å². The number of ether oxygens (including phenoxy) is 9. The number of hydrogen-bond donors (Lipinski definition) is 1. The largest absolute Gasteiger partial charge is 0.462 e. The van der Waals surface area contributed by atoms with Gasteiger partial charge in [-0.1, -0.05) is 41.5 Å². The molecule has 0 aromatic carbocycles. The van der Waals surface area contributed by atoms with Gasteiger partial charge in [-0.25, -0.2) is 0 Å². The topological polar surface area (TPSA) is 178 Å². The van der Waals surface area contributed by atoms with Gasteiger partial charge >= 0.3 is 17.9 Å². The highest BCUT2D eigenvalue weighted by Gasteiger charge is 2.58. The predicted octanol–water partition coefficient (Wildman–Crippen LogP) is 3.83. The molecule has 0 bridgehead atoms. The highest BCUT2D eigenvalue weighted by molar-refractivity contribution is 5.92. The molecule has 0 aromatic heterocycles. The minimum atomic E-state index is -1.16. The Bertz CT molecular complexity index is 1340. The van der Waals surface area contributed by atoms with Gasteiger partial charge in [-0.15, -0.1) is 0 Å². The van der Waals surface area contributed by atoms with Gasteiger partial charge in [-0.2, -0.15) is 0 Å². The SMILES string of the molecule is CCC(=O)O[C@H]1[C@H](C)O[C@@H](O[C@H]2[C@H](C)[C@@H](O[C@@H]3O[C@H](C)C[C@H](N(C)C)[C@H]3O)[C@@H](C)C[C@@]3(CO3)C(=O)[C@H](C)[C@@H](OC(=O)CC)[C@@H](C)[C@@H](C)OC(=O)[C@H]2C)C[C@@H]1OC. The molecule has 1 N–H and O–H groups in total. The van der Waals surface area contributed by atoms with Crippen LogP contribution < -0.4 is 0 Å². The Kier molecular flexibility index (Phi) is 16.3. The number of ketones is 1. The molecule has 0 saturated carbocycles. The zero-order chi connectivity index (χ0) is 41.8. The van der Waals surface area contributed by atoms with E-state index in [1.807, 2.05) is 39.8 Å². The van der Waals surface area contributed by atoms with Crippen molar-refractivity contribution in [2.24, 2.45) is 29.6 Å². The van der Waals surface area contributed by atoms with Gasteiger partial charge < -0.3 is 52.6 Å².